The van der Waals surface area contributed by atoms with Crippen molar-refractivity contribution in [3.05, 3.63) is 29.8 Å². The van der Waals surface area contributed by atoms with Gasteiger partial charge < -0.3 is 9.31 Å². The maximum absolute atomic E-state index is 6.24. The van der Waals surface area contributed by atoms with E-state index < -0.39 is 6.55 Å². The molecule has 2 nitrogen and oxygen atoms in total. The van der Waals surface area contributed by atoms with E-state index in [2.05, 4.69) is 52.0 Å². The average molecular weight is 247 g/mol. The molecule has 1 heterocycles. The molecule has 2 rings (SSSR count). The molecule has 18 heavy (non-hydrogen) atoms. The maximum atomic E-state index is 6.24. The molecule has 1 fully saturated rings. The van der Waals surface area contributed by atoms with E-state index in [4.69, 9.17) is 9.31 Å². The Hall–Kier alpha value is -0.795. The standard InChI is InChI=1S/C15H24BO2/c1-5-6-10-16(17-13(3)14(4)18-16)15-9-7-8-12(2)11-15/h7-9,11,13-14H,5-6,10H2,1-4H3/q-1. The van der Waals surface area contributed by atoms with Gasteiger partial charge in [0, 0.05) is 12.2 Å². The van der Waals surface area contributed by atoms with Crippen molar-refractivity contribution in [1.82, 2.24) is 0 Å². The Morgan fingerprint density at radius 3 is 2.39 bits per heavy atom. The van der Waals surface area contributed by atoms with Crippen molar-refractivity contribution in [2.45, 2.75) is 59.1 Å². The Labute approximate surface area is 111 Å². The van der Waals surface area contributed by atoms with Crippen LogP contribution in [0, 0.1) is 6.92 Å². The van der Waals surface area contributed by atoms with Crippen LogP contribution >= 0.6 is 0 Å². The van der Waals surface area contributed by atoms with Crippen LogP contribution in [0.2, 0.25) is 6.32 Å². The van der Waals surface area contributed by atoms with Gasteiger partial charge >= 0.3 is 0 Å². The van der Waals surface area contributed by atoms with Gasteiger partial charge in [0.2, 0.25) is 0 Å². The van der Waals surface area contributed by atoms with Gasteiger partial charge in [-0.25, -0.2) is 0 Å². The molecule has 2 unspecified atom stereocenters. The summed E-state index contributed by atoms with van der Waals surface area (Å²) in [4.78, 5) is 0. The van der Waals surface area contributed by atoms with Gasteiger partial charge in [-0.05, 0) is 20.8 Å². The van der Waals surface area contributed by atoms with Crippen molar-refractivity contribution in [2.24, 2.45) is 0 Å². The normalized spacial score (nSPS) is 31.8. The number of benzene rings is 1. The zero-order valence-electron chi connectivity index (χ0n) is 12.0. The first-order valence-corrected chi connectivity index (χ1v) is 7.16. The van der Waals surface area contributed by atoms with E-state index in [0.29, 0.717) is 0 Å². The number of unbranched alkanes of at least 4 members (excludes halogenated alkanes) is 1. The first-order valence-electron chi connectivity index (χ1n) is 7.16. The third kappa shape index (κ3) is 2.62. The van der Waals surface area contributed by atoms with Crippen molar-refractivity contribution in [3.8, 4) is 0 Å². The van der Waals surface area contributed by atoms with Crippen LogP contribution in [0.3, 0.4) is 0 Å². The van der Waals surface area contributed by atoms with E-state index in [0.717, 1.165) is 12.7 Å². The van der Waals surface area contributed by atoms with Crippen molar-refractivity contribution >= 4 is 12.0 Å². The highest BCUT2D eigenvalue weighted by Gasteiger charge is 2.38. The van der Waals surface area contributed by atoms with Gasteiger partial charge in [-0.2, -0.15) is 5.46 Å². The number of aryl methyl sites for hydroxylation is 1. The lowest BCUT2D eigenvalue weighted by atomic mass is 9.48. The molecule has 100 valence electrons. The first-order chi connectivity index (χ1) is 8.57. The lowest BCUT2D eigenvalue weighted by Crippen LogP contribution is -2.50. The SMILES string of the molecule is CCCC[B-]1(c2cccc(C)c2)OC(C)C(C)O1. The molecule has 2 atom stereocenters. The van der Waals surface area contributed by atoms with Gasteiger partial charge in [-0.3, -0.25) is 0 Å². The first kappa shape index (κ1) is 13.6. The van der Waals surface area contributed by atoms with E-state index in [1.807, 2.05) is 0 Å². The molecule has 0 aliphatic carbocycles. The predicted molar refractivity (Wildman–Crippen MR) is 77.4 cm³/mol. The minimum Gasteiger partial charge on any atom is -0.560 e. The molecule has 3 heteroatoms. The maximum Gasteiger partial charge on any atom is 0.270 e. The smallest absolute Gasteiger partial charge is 0.270 e. The van der Waals surface area contributed by atoms with Crippen LogP contribution in [0.5, 0.6) is 0 Å². The minimum absolute atomic E-state index is 0.183. The number of hydrogen-bond acceptors (Lipinski definition) is 2. The molecule has 1 aromatic rings. The van der Waals surface area contributed by atoms with Crippen LogP contribution < -0.4 is 5.46 Å². The van der Waals surface area contributed by atoms with Crippen molar-refractivity contribution < 1.29 is 9.31 Å². The van der Waals surface area contributed by atoms with Crippen LogP contribution in [0.1, 0.15) is 39.2 Å². The van der Waals surface area contributed by atoms with E-state index in [1.165, 1.54) is 17.4 Å². The molecular formula is C15H24BO2-. The fraction of sp³-hybridized carbons (Fsp3) is 0.600. The Kier molecular flexibility index (Phi) is 4.13. The summed E-state index contributed by atoms with van der Waals surface area (Å²) < 4.78 is 12.5. The second-order valence-corrected chi connectivity index (χ2v) is 5.61. The van der Waals surface area contributed by atoms with Crippen molar-refractivity contribution in [1.29, 1.82) is 0 Å². The Balaban J connectivity index is 2.31. The van der Waals surface area contributed by atoms with Crippen LogP contribution in [0.15, 0.2) is 24.3 Å². The van der Waals surface area contributed by atoms with Crippen LogP contribution in [0.4, 0.5) is 0 Å². The average Bonchev–Trinajstić information content (AvgIpc) is 2.64. The summed E-state index contributed by atoms with van der Waals surface area (Å²) in [7, 11) is 0. The lowest BCUT2D eigenvalue weighted by Gasteiger charge is -2.36. The molecule has 1 aromatic carbocycles. The summed E-state index contributed by atoms with van der Waals surface area (Å²) in [5.74, 6) is 0. The van der Waals surface area contributed by atoms with E-state index in [1.54, 1.807) is 0 Å². The van der Waals surface area contributed by atoms with Gasteiger partial charge in [0.1, 0.15) is 0 Å². The van der Waals surface area contributed by atoms with Gasteiger partial charge in [0.25, 0.3) is 6.55 Å². The van der Waals surface area contributed by atoms with Crippen molar-refractivity contribution in [2.75, 3.05) is 0 Å². The van der Waals surface area contributed by atoms with Gasteiger partial charge in [0.05, 0.1) is 0 Å². The fourth-order valence-electron chi connectivity index (χ4n) is 2.82. The highest BCUT2D eigenvalue weighted by Crippen LogP contribution is 2.29. The highest BCUT2D eigenvalue weighted by atomic mass is 16.7. The zero-order valence-corrected chi connectivity index (χ0v) is 12.0. The molecule has 1 saturated heterocycles. The number of hydrogen-bond donors (Lipinski definition) is 0. The third-order valence-corrected chi connectivity index (χ3v) is 4.02. The van der Waals surface area contributed by atoms with Crippen LogP contribution in [-0.2, 0) is 9.31 Å². The van der Waals surface area contributed by atoms with Crippen LogP contribution in [0.25, 0.3) is 0 Å². The van der Waals surface area contributed by atoms with Crippen molar-refractivity contribution in [3.63, 3.8) is 0 Å². The largest absolute Gasteiger partial charge is 0.560 e. The van der Waals surface area contributed by atoms with Gasteiger partial charge in [-0.15, -0.1) is 6.32 Å². The molecule has 0 aromatic heterocycles. The summed E-state index contributed by atoms with van der Waals surface area (Å²) >= 11 is 0. The Morgan fingerprint density at radius 1 is 1.17 bits per heavy atom. The zero-order chi connectivity index (χ0) is 13.2. The Bertz CT molecular complexity index is 395. The van der Waals surface area contributed by atoms with Gasteiger partial charge in [-0.1, -0.05) is 49.6 Å². The van der Waals surface area contributed by atoms with E-state index in [-0.39, 0.29) is 12.2 Å². The highest BCUT2D eigenvalue weighted by molar-refractivity contribution is 6.81. The Morgan fingerprint density at radius 2 is 1.83 bits per heavy atom. The second kappa shape index (κ2) is 5.46. The molecule has 0 N–H and O–H groups in total. The minimum atomic E-state index is -1.27. The fourth-order valence-corrected chi connectivity index (χ4v) is 2.82. The lowest BCUT2D eigenvalue weighted by molar-refractivity contribution is 0.187. The summed E-state index contributed by atoms with van der Waals surface area (Å²) in [5, 5.41) is 0. The topological polar surface area (TPSA) is 18.5 Å². The van der Waals surface area contributed by atoms with E-state index >= 15 is 0 Å². The quantitative estimate of drug-likeness (QED) is 0.760. The summed E-state index contributed by atoms with van der Waals surface area (Å²) in [5.41, 5.74) is 2.49. The van der Waals surface area contributed by atoms with Crippen LogP contribution in [-0.4, -0.2) is 18.8 Å². The summed E-state index contributed by atoms with van der Waals surface area (Å²) in [6.45, 7) is 7.27. The molecule has 0 spiro atoms. The molecule has 0 radical (unpaired) electrons. The third-order valence-electron chi connectivity index (χ3n) is 4.02. The van der Waals surface area contributed by atoms with Gasteiger partial charge in [0.15, 0.2) is 0 Å². The molecular weight excluding hydrogens is 223 g/mol. The summed E-state index contributed by atoms with van der Waals surface area (Å²) in [6.07, 6.45) is 3.68. The molecule has 0 bridgehead atoms. The second-order valence-electron chi connectivity index (χ2n) is 5.61. The monoisotopic (exact) mass is 247 g/mol. The predicted octanol–water partition coefficient (Wildman–Crippen LogP) is 3.27. The molecule has 0 saturated carbocycles. The summed E-state index contributed by atoms with van der Waals surface area (Å²) in [6, 6.07) is 8.57. The molecule has 1 aliphatic rings. The molecule has 1 aliphatic heterocycles. The van der Waals surface area contributed by atoms with E-state index in [9.17, 15) is 0 Å². The number of rotatable bonds is 4. The molecule has 0 amide bonds.